The molecular formula is C11H5BrN2O2S2. The van der Waals surface area contributed by atoms with Crippen molar-refractivity contribution >= 4 is 66.7 Å². The second-order valence-electron chi connectivity index (χ2n) is 3.65. The number of pyridine rings is 1. The van der Waals surface area contributed by atoms with E-state index in [1.807, 2.05) is 6.07 Å². The zero-order valence-electron chi connectivity index (χ0n) is 8.73. The molecule has 0 radical (unpaired) electrons. The van der Waals surface area contributed by atoms with Gasteiger partial charge in [0, 0.05) is 9.86 Å². The molecular weight excluding hydrogens is 336 g/mol. The minimum atomic E-state index is -0.976. The number of aromatic amines is 1. The maximum absolute atomic E-state index is 11.5. The molecule has 7 heteroatoms. The average molecular weight is 341 g/mol. The molecule has 90 valence electrons. The second kappa shape index (κ2) is 4.11. The number of nitrogens with zero attached hydrogens (tertiary/aromatic N) is 1. The van der Waals surface area contributed by atoms with Crippen molar-refractivity contribution in [3.63, 3.8) is 0 Å². The minimum absolute atomic E-state index is 0.244. The number of carboxylic acid groups (broad SMARTS) is 1. The molecule has 1 aromatic carbocycles. The molecule has 0 bridgehead atoms. The maximum atomic E-state index is 11.5. The molecule has 0 unspecified atom stereocenters. The van der Waals surface area contributed by atoms with Gasteiger partial charge in [-0.25, -0.2) is 9.78 Å². The molecule has 18 heavy (non-hydrogen) atoms. The Morgan fingerprint density at radius 2 is 2.28 bits per heavy atom. The van der Waals surface area contributed by atoms with E-state index < -0.39 is 5.97 Å². The van der Waals surface area contributed by atoms with Crippen molar-refractivity contribution in [2.24, 2.45) is 0 Å². The van der Waals surface area contributed by atoms with Gasteiger partial charge in [0.2, 0.25) is 0 Å². The van der Waals surface area contributed by atoms with Crippen molar-refractivity contribution in [1.29, 1.82) is 0 Å². The van der Waals surface area contributed by atoms with Crippen LogP contribution < -0.4 is 0 Å². The van der Waals surface area contributed by atoms with Gasteiger partial charge in [0.15, 0.2) is 9.60 Å². The summed E-state index contributed by atoms with van der Waals surface area (Å²) in [7, 11) is 0. The molecule has 2 aromatic heterocycles. The lowest BCUT2D eigenvalue weighted by molar-refractivity contribution is 0.0701. The fourth-order valence-electron chi connectivity index (χ4n) is 1.83. The summed E-state index contributed by atoms with van der Waals surface area (Å²) < 4.78 is 1.92. The van der Waals surface area contributed by atoms with Gasteiger partial charge in [0.25, 0.3) is 0 Å². The molecule has 0 aliphatic carbocycles. The number of carbonyl (C=O) groups is 1. The molecule has 0 atom stereocenters. The third kappa shape index (κ3) is 1.75. The van der Waals surface area contributed by atoms with Crippen molar-refractivity contribution in [3.05, 3.63) is 32.2 Å². The third-order valence-corrected chi connectivity index (χ3v) is 4.27. The highest BCUT2D eigenvalue weighted by atomic mass is 79.9. The van der Waals surface area contributed by atoms with E-state index in [1.165, 1.54) is 11.3 Å². The Morgan fingerprint density at radius 3 is 3.00 bits per heavy atom. The molecule has 0 aliphatic heterocycles. The number of thiazole rings is 1. The van der Waals surface area contributed by atoms with Gasteiger partial charge in [0.05, 0.1) is 15.8 Å². The molecule has 0 fully saturated rings. The number of benzene rings is 1. The van der Waals surface area contributed by atoms with Crippen molar-refractivity contribution in [2.75, 3.05) is 0 Å². The van der Waals surface area contributed by atoms with Gasteiger partial charge in [-0.2, -0.15) is 0 Å². The van der Waals surface area contributed by atoms with E-state index in [4.69, 9.17) is 12.2 Å². The predicted molar refractivity (Wildman–Crippen MR) is 77.0 cm³/mol. The number of carboxylic acids is 1. The highest BCUT2D eigenvalue weighted by Crippen LogP contribution is 2.30. The Labute approximate surface area is 118 Å². The smallest absolute Gasteiger partial charge is 0.337 e. The Morgan fingerprint density at radius 1 is 1.50 bits per heavy atom. The first kappa shape index (κ1) is 11.8. The first-order valence-electron chi connectivity index (χ1n) is 4.91. The Kier molecular flexibility index (Phi) is 2.69. The SMILES string of the molecule is O=C(O)c1c2cc(Br)ccc2nc2[nH]c(=S)sc12. The van der Waals surface area contributed by atoms with E-state index in [-0.39, 0.29) is 5.56 Å². The number of aromatic carboxylic acids is 1. The highest BCUT2D eigenvalue weighted by Gasteiger charge is 2.17. The van der Waals surface area contributed by atoms with E-state index in [0.717, 1.165) is 4.47 Å². The van der Waals surface area contributed by atoms with Crippen LogP contribution in [0.2, 0.25) is 0 Å². The van der Waals surface area contributed by atoms with Gasteiger partial charge in [-0.05, 0) is 30.4 Å². The van der Waals surface area contributed by atoms with Crippen LogP contribution in [0, 0.1) is 3.95 Å². The van der Waals surface area contributed by atoms with Crippen LogP contribution in [0.25, 0.3) is 21.3 Å². The number of nitrogens with one attached hydrogen (secondary N) is 1. The number of hydrogen-bond acceptors (Lipinski definition) is 4. The zero-order valence-corrected chi connectivity index (χ0v) is 11.9. The van der Waals surface area contributed by atoms with Crippen LogP contribution in [0.4, 0.5) is 0 Å². The number of hydrogen-bond donors (Lipinski definition) is 2. The summed E-state index contributed by atoms with van der Waals surface area (Å²) in [6, 6.07) is 5.36. The molecule has 2 heterocycles. The van der Waals surface area contributed by atoms with Crippen molar-refractivity contribution in [3.8, 4) is 0 Å². The average Bonchev–Trinajstić information content (AvgIpc) is 2.65. The van der Waals surface area contributed by atoms with Gasteiger partial charge in [-0.15, -0.1) is 11.3 Å². The van der Waals surface area contributed by atoms with Crippen LogP contribution in [0.1, 0.15) is 10.4 Å². The second-order valence-corrected chi connectivity index (χ2v) is 6.25. The van der Waals surface area contributed by atoms with Gasteiger partial charge in [-0.3, -0.25) is 0 Å². The van der Waals surface area contributed by atoms with Crippen LogP contribution >= 0.6 is 39.5 Å². The molecule has 2 N–H and O–H groups in total. The van der Waals surface area contributed by atoms with Crippen LogP contribution in [0.15, 0.2) is 22.7 Å². The first-order valence-corrected chi connectivity index (χ1v) is 6.93. The van der Waals surface area contributed by atoms with Crippen LogP contribution in [-0.4, -0.2) is 21.0 Å². The quantitative estimate of drug-likeness (QED) is 0.658. The van der Waals surface area contributed by atoms with Gasteiger partial charge in [-0.1, -0.05) is 15.9 Å². The van der Waals surface area contributed by atoms with Gasteiger partial charge in [0.1, 0.15) is 0 Å². The Balaban J connectivity index is 2.62. The van der Waals surface area contributed by atoms with E-state index in [2.05, 4.69) is 25.9 Å². The standard InChI is InChI=1S/C11H5BrN2O2S2/c12-4-1-2-6-5(3-4)7(10(15)16)8-9(13-6)14-11(17)18-8/h1-3H,(H,15,16)(H,13,14,17). The highest BCUT2D eigenvalue weighted by molar-refractivity contribution is 9.10. The molecule has 0 amide bonds. The number of aromatic nitrogens is 2. The first-order chi connectivity index (χ1) is 8.56. The lowest BCUT2D eigenvalue weighted by atomic mass is 10.1. The summed E-state index contributed by atoms with van der Waals surface area (Å²) in [5, 5.41) is 10.0. The summed E-state index contributed by atoms with van der Waals surface area (Å²) in [4.78, 5) is 18.8. The Bertz CT molecular complexity index is 853. The fraction of sp³-hybridized carbons (Fsp3) is 0. The van der Waals surface area contributed by atoms with Crippen molar-refractivity contribution < 1.29 is 9.90 Å². The van der Waals surface area contributed by atoms with E-state index in [0.29, 0.717) is 25.2 Å². The topological polar surface area (TPSA) is 66.0 Å². The summed E-state index contributed by atoms with van der Waals surface area (Å²) >= 11 is 9.61. The minimum Gasteiger partial charge on any atom is -0.478 e. The third-order valence-electron chi connectivity index (χ3n) is 2.53. The number of halogens is 1. The van der Waals surface area contributed by atoms with Gasteiger partial charge < -0.3 is 10.1 Å². The number of H-pyrrole nitrogens is 1. The molecule has 0 spiro atoms. The van der Waals surface area contributed by atoms with Crippen LogP contribution in [0.3, 0.4) is 0 Å². The molecule has 0 saturated carbocycles. The maximum Gasteiger partial charge on any atom is 0.337 e. The molecule has 3 rings (SSSR count). The Hall–Kier alpha value is -1.31. The number of fused-ring (bicyclic) bond motifs is 2. The summed E-state index contributed by atoms with van der Waals surface area (Å²) in [6.45, 7) is 0. The normalized spacial score (nSPS) is 11.2. The summed E-state index contributed by atoms with van der Waals surface area (Å²) in [5.41, 5.74) is 1.40. The summed E-state index contributed by atoms with van der Waals surface area (Å²) in [6.07, 6.45) is 0. The van der Waals surface area contributed by atoms with E-state index >= 15 is 0 Å². The van der Waals surface area contributed by atoms with E-state index in [1.54, 1.807) is 12.1 Å². The number of rotatable bonds is 1. The molecule has 3 aromatic rings. The van der Waals surface area contributed by atoms with Crippen LogP contribution in [-0.2, 0) is 0 Å². The van der Waals surface area contributed by atoms with Gasteiger partial charge >= 0.3 is 5.97 Å². The lowest BCUT2D eigenvalue weighted by Crippen LogP contribution is -1.99. The van der Waals surface area contributed by atoms with Crippen molar-refractivity contribution in [2.45, 2.75) is 0 Å². The predicted octanol–water partition coefficient (Wildman–Crippen LogP) is 3.97. The molecule has 4 nitrogen and oxygen atoms in total. The monoisotopic (exact) mass is 340 g/mol. The van der Waals surface area contributed by atoms with E-state index in [9.17, 15) is 9.90 Å². The zero-order chi connectivity index (χ0) is 12.9. The largest absolute Gasteiger partial charge is 0.478 e. The fourth-order valence-corrected chi connectivity index (χ4v) is 3.36. The van der Waals surface area contributed by atoms with Crippen molar-refractivity contribution in [1.82, 2.24) is 9.97 Å². The molecule has 0 aliphatic rings. The summed E-state index contributed by atoms with van der Waals surface area (Å²) in [5.74, 6) is -0.976. The molecule has 0 saturated heterocycles. The van der Waals surface area contributed by atoms with Crippen LogP contribution in [0.5, 0.6) is 0 Å². The lowest BCUT2D eigenvalue weighted by Gasteiger charge is -2.03.